The molecule has 10 nitrogen and oxygen atoms in total. The fourth-order valence-corrected chi connectivity index (χ4v) is 1.38. The SMILES string of the molecule is CCNC(=O)CC[C@H](N)C(=O)[O-].CCNC(=O)CC[C@H](N)C(=O)[O-].[Zn+2]. The van der Waals surface area contributed by atoms with Gasteiger partial charge in [0, 0.05) is 38.0 Å². The van der Waals surface area contributed by atoms with Gasteiger partial charge in [-0.25, -0.2) is 0 Å². The van der Waals surface area contributed by atoms with E-state index in [1.807, 2.05) is 0 Å². The van der Waals surface area contributed by atoms with E-state index in [-0.39, 0.29) is 57.0 Å². The molecule has 0 aromatic rings. The van der Waals surface area contributed by atoms with Gasteiger partial charge in [0.15, 0.2) is 0 Å². The van der Waals surface area contributed by atoms with Gasteiger partial charge in [-0.15, -0.1) is 0 Å². The van der Waals surface area contributed by atoms with E-state index in [1.165, 1.54) is 0 Å². The minimum Gasteiger partial charge on any atom is -0.548 e. The molecule has 0 saturated carbocycles. The van der Waals surface area contributed by atoms with E-state index in [2.05, 4.69) is 10.6 Å². The normalized spacial score (nSPS) is 11.7. The maximum absolute atomic E-state index is 10.8. The Bertz CT molecular complexity index is 384. The van der Waals surface area contributed by atoms with E-state index in [4.69, 9.17) is 11.5 Å². The van der Waals surface area contributed by atoms with Crippen LogP contribution in [0.3, 0.4) is 0 Å². The molecule has 0 aliphatic rings. The molecule has 0 saturated heterocycles. The molecule has 0 fully saturated rings. The average molecular weight is 412 g/mol. The summed E-state index contributed by atoms with van der Waals surface area (Å²) < 4.78 is 0. The summed E-state index contributed by atoms with van der Waals surface area (Å²) in [7, 11) is 0. The van der Waals surface area contributed by atoms with Crippen LogP contribution in [0.5, 0.6) is 0 Å². The van der Waals surface area contributed by atoms with Crippen LogP contribution in [0.15, 0.2) is 0 Å². The summed E-state index contributed by atoms with van der Waals surface area (Å²) >= 11 is 0. The Morgan fingerprint density at radius 3 is 1.28 bits per heavy atom. The van der Waals surface area contributed by atoms with Gasteiger partial charge in [0.1, 0.15) is 0 Å². The Morgan fingerprint density at radius 2 is 1.08 bits per heavy atom. The summed E-state index contributed by atoms with van der Waals surface area (Å²) in [6, 6.07) is -2.10. The molecule has 0 aliphatic heterocycles. The van der Waals surface area contributed by atoms with Crippen molar-refractivity contribution in [3.63, 3.8) is 0 Å². The van der Waals surface area contributed by atoms with Gasteiger partial charge < -0.3 is 41.9 Å². The van der Waals surface area contributed by atoms with Crippen molar-refractivity contribution in [2.75, 3.05) is 13.1 Å². The minimum absolute atomic E-state index is 0. The second-order valence-corrected chi connectivity index (χ2v) is 4.84. The molecule has 0 unspecified atom stereocenters. The minimum atomic E-state index is -1.32. The van der Waals surface area contributed by atoms with Crippen molar-refractivity contribution in [1.29, 1.82) is 0 Å². The number of aliphatic carboxylic acids is 2. The number of rotatable bonds is 10. The van der Waals surface area contributed by atoms with Gasteiger partial charge in [-0.05, 0) is 26.7 Å². The van der Waals surface area contributed by atoms with Crippen molar-refractivity contribution in [3.05, 3.63) is 0 Å². The summed E-state index contributed by atoms with van der Waals surface area (Å²) in [6.45, 7) is 4.66. The summed E-state index contributed by atoms with van der Waals surface area (Å²) in [4.78, 5) is 41.8. The zero-order valence-corrected chi connectivity index (χ0v) is 17.7. The van der Waals surface area contributed by atoms with Crippen LogP contribution in [-0.4, -0.2) is 48.9 Å². The maximum Gasteiger partial charge on any atom is 2.00 e. The Labute approximate surface area is 159 Å². The van der Waals surface area contributed by atoms with Gasteiger partial charge >= 0.3 is 19.5 Å². The molecule has 0 bridgehead atoms. The van der Waals surface area contributed by atoms with Crippen LogP contribution < -0.4 is 32.3 Å². The van der Waals surface area contributed by atoms with Crippen LogP contribution in [-0.2, 0) is 38.7 Å². The second-order valence-electron chi connectivity index (χ2n) is 4.84. The number of carboxylic acids is 2. The van der Waals surface area contributed by atoms with Crippen LogP contribution in [0.4, 0.5) is 0 Å². The summed E-state index contributed by atoms with van der Waals surface area (Å²) in [6.07, 6.45) is 0.494. The Morgan fingerprint density at radius 1 is 0.800 bits per heavy atom. The molecule has 0 aliphatic carbocycles. The predicted octanol–water partition coefficient (Wildman–Crippen LogP) is -4.04. The standard InChI is InChI=1S/2C7H14N2O3.Zn/c2*1-2-9-6(10)4-3-5(8)7(11)12;/h2*5H,2-4,8H2,1H3,(H,9,10)(H,11,12);/q;;+2/p-2/t2*5-;/m00./s1. The molecule has 140 valence electrons. The number of nitrogens with two attached hydrogens (primary N) is 2. The molecule has 0 radical (unpaired) electrons. The number of carbonyl (C=O) groups excluding carboxylic acids is 4. The largest absolute Gasteiger partial charge is 2.00 e. The molecule has 0 aromatic heterocycles. The first kappa shape index (κ1) is 28.2. The Kier molecular flexibility index (Phi) is 19.5. The molecule has 0 heterocycles. The van der Waals surface area contributed by atoms with E-state index in [0.717, 1.165) is 0 Å². The Balaban J connectivity index is -0.000000372. The van der Waals surface area contributed by atoms with E-state index in [1.54, 1.807) is 13.8 Å². The van der Waals surface area contributed by atoms with Crippen molar-refractivity contribution in [3.8, 4) is 0 Å². The van der Waals surface area contributed by atoms with Crippen molar-refractivity contribution in [1.82, 2.24) is 10.6 Å². The molecular weight excluding hydrogens is 386 g/mol. The van der Waals surface area contributed by atoms with Crippen molar-refractivity contribution in [2.45, 2.75) is 51.6 Å². The van der Waals surface area contributed by atoms with Crippen LogP contribution in [0, 0.1) is 0 Å². The quantitative estimate of drug-likeness (QED) is 0.261. The van der Waals surface area contributed by atoms with Gasteiger partial charge in [0.25, 0.3) is 0 Å². The van der Waals surface area contributed by atoms with Gasteiger partial charge in [-0.1, -0.05) is 0 Å². The summed E-state index contributed by atoms with van der Waals surface area (Å²) in [5.74, 6) is -3.01. The predicted molar refractivity (Wildman–Crippen MR) is 81.8 cm³/mol. The zero-order valence-electron chi connectivity index (χ0n) is 14.7. The fraction of sp³-hybridized carbons (Fsp3) is 0.714. The molecule has 2 amide bonds. The van der Waals surface area contributed by atoms with Crippen molar-refractivity contribution >= 4 is 23.8 Å². The third-order valence-corrected chi connectivity index (χ3v) is 2.72. The molecule has 25 heavy (non-hydrogen) atoms. The zero-order chi connectivity index (χ0) is 19.1. The first-order chi connectivity index (χ1) is 11.1. The fourth-order valence-electron chi connectivity index (χ4n) is 1.38. The van der Waals surface area contributed by atoms with E-state index in [9.17, 15) is 29.4 Å². The first-order valence-corrected chi connectivity index (χ1v) is 7.61. The van der Waals surface area contributed by atoms with Crippen LogP contribution in [0.1, 0.15) is 39.5 Å². The van der Waals surface area contributed by atoms with Crippen LogP contribution in [0.25, 0.3) is 0 Å². The maximum atomic E-state index is 10.8. The number of carboxylic acid groups (broad SMARTS) is 2. The van der Waals surface area contributed by atoms with Crippen LogP contribution >= 0.6 is 0 Å². The molecule has 0 spiro atoms. The average Bonchev–Trinajstić information content (AvgIpc) is 2.51. The van der Waals surface area contributed by atoms with Gasteiger partial charge in [-0.2, -0.15) is 0 Å². The van der Waals surface area contributed by atoms with Crippen molar-refractivity contribution in [2.24, 2.45) is 11.5 Å². The third kappa shape index (κ3) is 18.6. The summed E-state index contributed by atoms with van der Waals surface area (Å²) in [5.41, 5.74) is 10.2. The van der Waals surface area contributed by atoms with Gasteiger partial charge in [0.2, 0.25) is 11.8 Å². The van der Waals surface area contributed by atoms with Crippen LogP contribution in [0.2, 0.25) is 0 Å². The van der Waals surface area contributed by atoms with Crippen molar-refractivity contribution < 1.29 is 48.9 Å². The molecule has 0 aromatic carbocycles. The first-order valence-electron chi connectivity index (χ1n) is 7.61. The Hall–Kier alpha value is -1.58. The van der Waals surface area contributed by atoms with Gasteiger partial charge in [-0.3, -0.25) is 9.59 Å². The molecule has 6 N–H and O–H groups in total. The number of hydrogen-bond donors (Lipinski definition) is 4. The topological polar surface area (TPSA) is 190 Å². The third-order valence-electron chi connectivity index (χ3n) is 2.72. The molecule has 2 atom stereocenters. The van der Waals surface area contributed by atoms with E-state index >= 15 is 0 Å². The number of amides is 2. The van der Waals surface area contributed by atoms with Gasteiger partial charge in [0.05, 0.1) is 11.9 Å². The number of nitrogens with one attached hydrogen (secondary N) is 2. The smallest absolute Gasteiger partial charge is 0.548 e. The second kappa shape index (κ2) is 17.3. The summed E-state index contributed by atoms with van der Waals surface area (Å²) in [5, 5.41) is 25.3. The molecule has 11 heteroatoms. The van der Waals surface area contributed by atoms with E-state index < -0.39 is 24.0 Å². The number of carbonyl (C=O) groups is 4. The monoisotopic (exact) mass is 410 g/mol. The molecule has 0 rings (SSSR count). The number of hydrogen-bond acceptors (Lipinski definition) is 8. The van der Waals surface area contributed by atoms with E-state index in [0.29, 0.717) is 13.1 Å². The molecular formula is C14H26N4O6Zn.